The van der Waals surface area contributed by atoms with E-state index in [2.05, 4.69) is 57.1 Å². The molecule has 14 rings (SSSR count). The number of pyridine rings is 4. The second kappa shape index (κ2) is 30.1. The average Bonchev–Trinajstić information content (AvgIpc) is 1.52. The molecule has 31 heteroatoms. The summed E-state index contributed by atoms with van der Waals surface area (Å²) in [7, 11) is -6.46. The van der Waals surface area contributed by atoms with Crippen molar-refractivity contribution >= 4 is 137 Å². The van der Waals surface area contributed by atoms with Gasteiger partial charge in [0.25, 0.3) is 9.05 Å². The van der Waals surface area contributed by atoms with E-state index in [1.54, 1.807) is 99.8 Å². The summed E-state index contributed by atoms with van der Waals surface area (Å²) in [6, 6.07) is 20.4. The van der Waals surface area contributed by atoms with Crippen LogP contribution in [-0.2, 0) is 48.6 Å². The number of hydrogen-bond donors (Lipinski definition) is 1. The summed E-state index contributed by atoms with van der Waals surface area (Å²) in [6.45, 7) is 15.6. The predicted octanol–water partition coefficient (Wildman–Crippen LogP) is 11.8. The lowest BCUT2D eigenvalue weighted by atomic mass is 9.92. The molecule has 10 heterocycles. The Balaban J connectivity index is 0.000000138. The molecular formula is C69H81Br2ClN10O14S4. The fourth-order valence-corrected chi connectivity index (χ4v) is 21.9. The Kier molecular flexibility index (Phi) is 22.5. The van der Waals surface area contributed by atoms with Gasteiger partial charge in [0.05, 0.1) is 58.3 Å². The monoisotopic (exact) mass is 1590 g/mol. The standard InChI is InChI=1S/C22H29N3O5S.C21H26BrN3O4S.C17H21N3O3S.C9H5BrClNO2S/c1-22(2,3)30-21(26)25-10-6-8-16-13-24(14-17(16)25)31(27,28)19-9-5-7-15-11-23-12-18(29-4)20(15)19;1-21(2,3)29-20(26)25-9-5-7-15-12-24(13-17(15)25)30(27,28)18-8-4-6-14-10-23-11-16(22)19(14)18;1-23-15-9-18-8-12-4-2-6-16(17(12)15)24(21,22)20-10-13-5-3-7-19-14(13)11-20;10-7-5-12-4-6-2-1-3-8(9(6)7)15(11,13)14/h5,7,9,11-12,16-17H,6,8,10,13-14H2,1-4H3;4,6,8,10-11,15,17H,5,7,9,12-13H2,1-3H3;2,4,6,8-9,13-14,19H,3,5,7,10-11H2,1H3;1-5H/t16-,17+;15-,17+;13-,14+;/m111./s1. The van der Waals surface area contributed by atoms with E-state index in [-0.39, 0.29) is 69.9 Å². The molecule has 0 spiro atoms. The van der Waals surface area contributed by atoms with Crippen molar-refractivity contribution in [2.75, 3.05) is 73.1 Å². The number of halogens is 3. The van der Waals surface area contributed by atoms with Gasteiger partial charge in [-0.25, -0.2) is 43.3 Å². The van der Waals surface area contributed by atoms with Gasteiger partial charge in [-0.2, -0.15) is 12.9 Å². The second-order valence-corrected chi connectivity index (χ2v) is 37.5. The summed E-state index contributed by atoms with van der Waals surface area (Å²) in [5, 5.41) is 8.74. The van der Waals surface area contributed by atoms with Crippen molar-refractivity contribution in [1.82, 2.24) is 48.0 Å². The van der Waals surface area contributed by atoms with Crippen molar-refractivity contribution in [3.63, 3.8) is 0 Å². The minimum atomic E-state index is -3.79. The first-order chi connectivity index (χ1) is 47.3. The number of carbonyl (C=O) groups is 2. The third kappa shape index (κ3) is 16.0. The number of benzene rings is 4. The minimum Gasteiger partial charge on any atom is -0.494 e. The van der Waals surface area contributed by atoms with E-state index in [0.29, 0.717) is 97.5 Å². The Bertz CT molecular complexity index is 4850. The molecule has 6 aliphatic rings. The molecule has 0 aliphatic carbocycles. The second-order valence-electron chi connectivity index (χ2n) is 27.5. The number of hydrogen-bond acceptors (Lipinski definition) is 19. The van der Waals surface area contributed by atoms with Gasteiger partial charge in [-0.1, -0.05) is 48.5 Å². The molecule has 2 amide bonds. The van der Waals surface area contributed by atoms with E-state index in [1.165, 1.54) is 41.3 Å². The molecule has 6 atom stereocenters. The highest BCUT2D eigenvalue weighted by atomic mass is 79.9. The Labute approximate surface area is 605 Å². The van der Waals surface area contributed by atoms with Crippen LogP contribution >= 0.6 is 42.5 Å². The van der Waals surface area contributed by atoms with Gasteiger partial charge in [-0.15, -0.1) is 0 Å². The lowest BCUT2D eigenvalue weighted by Crippen LogP contribution is -2.50. The zero-order valence-electron chi connectivity index (χ0n) is 56.6. The fourth-order valence-electron chi connectivity index (χ4n) is 14.2. The molecule has 0 bridgehead atoms. The number of likely N-dealkylation sites (tertiary alicyclic amines) is 2. The number of methoxy groups -OCH3 is 2. The highest BCUT2D eigenvalue weighted by Gasteiger charge is 2.49. The van der Waals surface area contributed by atoms with Crippen LogP contribution in [0.5, 0.6) is 11.5 Å². The maximum atomic E-state index is 13.7. The highest BCUT2D eigenvalue weighted by molar-refractivity contribution is 9.11. The van der Waals surface area contributed by atoms with E-state index in [1.807, 2.05) is 59.7 Å². The summed E-state index contributed by atoms with van der Waals surface area (Å²) in [6.07, 6.45) is 17.7. The van der Waals surface area contributed by atoms with Crippen molar-refractivity contribution in [1.29, 1.82) is 0 Å². The van der Waals surface area contributed by atoms with E-state index in [9.17, 15) is 43.3 Å². The van der Waals surface area contributed by atoms with Gasteiger partial charge in [0.1, 0.15) is 22.7 Å². The molecule has 4 aromatic carbocycles. The predicted molar refractivity (Wildman–Crippen MR) is 388 cm³/mol. The third-order valence-electron chi connectivity index (χ3n) is 18.7. The molecule has 4 aromatic heterocycles. The molecule has 24 nitrogen and oxygen atoms in total. The molecule has 6 aliphatic heterocycles. The van der Waals surface area contributed by atoms with Gasteiger partial charge >= 0.3 is 12.2 Å². The summed E-state index contributed by atoms with van der Waals surface area (Å²) < 4.78 is 132. The maximum absolute atomic E-state index is 13.7. The van der Waals surface area contributed by atoms with Crippen LogP contribution in [0.1, 0.15) is 80.1 Å². The Hall–Kier alpha value is -6.45. The van der Waals surface area contributed by atoms with Crippen LogP contribution in [0.3, 0.4) is 0 Å². The third-order valence-corrected chi connectivity index (χ3v) is 26.9. The molecule has 6 saturated heterocycles. The minimum absolute atomic E-state index is 0.0922. The number of nitrogens with zero attached hydrogens (tertiary/aromatic N) is 9. The van der Waals surface area contributed by atoms with Gasteiger partial charge in [0, 0.05) is 158 Å². The maximum Gasteiger partial charge on any atom is 0.410 e. The van der Waals surface area contributed by atoms with Crippen LogP contribution in [0, 0.1) is 17.8 Å². The van der Waals surface area contributed by atoms with E-state index in [0.717, 1.165) is 61.2 Å². The zero-order chi connectivity index (χ0) is 71.9. The number of sulfonamides is 3. The molecular weight excluding hydrogens is 1520 g/mol. The fraction of sp³-hybridized carbons (Fsp3) is 0.449. The summed E-state index contributed by atoms with van der Waals surface area (Å²) in [5.74, 6) is 1.52. The number of piperidine rings is 3. The zero-order valence-corrected chi connectivity index (χ0v) is 63.8. The van der Waals surface area contributed by atoms with Gasteiger partial charge in [0.2, 0.25) is 30.1 Å². The molecule has 0 radical (unpaired) electrons. The molecule has 536 valence electrons. The number of fused-ring (bicyclic) bond motifs is 7. The number of rotatable bonds is 9. The SMILES string of the molecule is CC(C)(C)OC(=O)N1CCC[C@@H]2CN(S(=O)(=O)c3cccc4cncc(Br)c34)C[C@@H]21.COc1cncc2cccc(S(=O)(=O)N3C[C@H]4CCCN(C(=O)OC(C)(C)C)[C@H]4C3)c12.COc1cncc2cccc(S(=O)(=O)N3C[C@H]4CCCN[C@H]4C3)c12.O=S(=O)(Cl)c1cccc2cncc(Br)c12. The number of amides is 2. The van der Waals surface area contributed by atoms with Crippen LogP contribution in [0.2, 0.25) is 0 Å². The van der Waals surface area contributed by atoms with Crippen molar-refractivity contribution in [2.24, 2.45) is 17.8 Å². The highest BCUT2D eigenvalue weighted by Crippen LogP contribution is 2.42. The smallest absolute Gasteiger partial charge is 0.410 e. The topological polar surface area (TPSA) is 287 Å². The first-order valence-electron chi connectivity index (χ1n) is 32.8. The van der Waals surface area contributed by atoms with Gasteiger partial charge < -0.3 is 34.1 Å². The first-order valence-corrected chi connectivity index (χ1v) is 41.1. The van der Waals surface area contributed by atoms with Crippen LogP contribution in [-0.4, -0.2) is 191 Å². The Morgan fingerprint density at radius 2 is 0.820 bits per heavy atom. The van der Waals surface area contributed by atoms with Crippen molar-refractivity contribution in [3.8, 4) is 11.5 Å². The lowest BCUT2D eigenvalue weighted by Gasteiger charge is -2.37. The van der Waals surface area contributed by atoms with Crippen LogP contribution < -0.4 is 14.8 Å². The van der Waals surface area contributed by atoms with E-state index in [4.69, 9.17) is 29.6 Å². The van der Waals surface area contributed by atoms with Crippen molar-refractivity contribution in [2.45, 2.75) is 129 Å². The number of ether oxygens (including phenoxy) is 4. The summed E-state index contributed by atoms with van der Waals surface area (Å²) in [4.78, 5) is 46.1. The first kappa shape index (κ1) is 74.7. The van der Waals surface area contributed by atoms with E-state index >= 15 is 0 Å². The normalized spacial score (nSPS) is 21.6. The van der Waals surface area contributed by atoms with Gasteiger partial charge in [0.15, 0.2) is 0 Å². The molecule has 8 aromatic rings. The molecule has 100 heavy (non-hydrogen) atoms. The average molecular weight is 1600 g/mol. The number of aromatic nitrogens is 4. The summed E-state index contributed by atoms with van der Waals surface area (Å²) in [5.41, 5.74) is -1.18. The number of nitrogens with one attached hydrogen (secondary N) is 1. The quantitative estimate of drug-likeness (QED) is 0.131. The largest absolute Gasteiger partial charge is 0.494 e. The van der Waals surface area contributed by atoms with Gasteiger partial charge in [-0.3, -0.25) is 19.9 Å². The van der Waals surface area contributed by atoms with Crippen LogP contribution in [0.25, 0.3) is 43.1 Å². The van der Waals surface area contributed by atoms with Crippen LogP contribution in [0.15, 0.2) is 151 Å². The van der Waals surface area contributed by atoms with Crippen LogP contribution in [0.4, 0.5) is 9.59 Å². The summed E-state index contributed by atoms with van der Waals surface area (Å²) >= 11 is 6.71. The Morgan fingerprint density at radius 3 is 1.21 bits per heavy atom. The van der Waals surface area contributed by atoms with Crippen molar-refractivity contribution < 1.29 is 62.2 Å². The molecule has 1 N–H and O–H groups in total. The molecule has 0 saturated carbocycles. The van der Waals surface area contributed by atoms with Crippen molar-refractivity contribution in [3.05, 3.63) is 131 Å². The molecule has 6 fully saturated rings. The lowest BCUT2D eigenvalue weighted by molar-refractivity contribution is 0.00549. The van der Waals surface area contributed by atoms with Gasteiger partial charge in [-0.05, 0) is 160 Å². The molecule has 0 unspecified atom stereocenters. The van der Waals surface area contributed by atoms with E-state index < -0.39 is 50.3 Å². The Morgan fingerprint density at radius 1 is 0.470 bits per heavy atom. The number of carbonyl (C=O) groups excluding carboxylic acids is 2.